The van der Waals surface area contributed by atoms with Crippen LogP contribution in [0.1, 0.15) is 16.9 Å². The van der Waals surface area contributed by atoms with Gasteiger partial charge in [0.2, 0.25) is 0 Å². The maximum atomic E-state index is 13.5. The highest BCUT2D eigenvalue weighted by Gasteiger charge is 2.24. The van der Waals surface area contributed by atoms with E-state index in [1.54, 1.807) is 12.1 Å². The van der Waals surface area contributed by atoms with Gasteiger partial charge in [0.1, 0.15) is 30.4 Å². The van der Waals surface area contributed by atoms with E-state index >= 15 is 0 Å². The molecule has 30 heavy (non-hydrogen) atoms. The molecular formula is C18H20FN7O4. The Balaban J connectivity index is 1.51. The van der Waals surface area contributed by atoms with Gasteiger partial charge in [-0.1, -0.05) is 0 Å². The number of ether oxygens (including phenoxy) is 1. The summed E-state index contributed by atoms with van der Waals surface area (Å²) in [5, 5.41) is 32.8. The fourth-order valence-corrected chi connectivity index (χ4v) is 3.03. The molecule has 4 heterocycles. The summed E-state index contributed by atoms with van der Waals surface area (Å²) < 4.78 is 20.2. The standard InChI is InChI=1S/C18H20FN7O4/c19-11-3-4-25(8-11)17-2-1-16-20-7-14(26(16)24-17)18(29)22-15-5-13(6-21-23-15)30-10-12(28)9-27/h1-2,5-7,11-12,27-28H,3-4,8-10H2,(H,22,23,29)/t11?,12-/m0/s1. The van der Waals surface area contributed by atoms with Crippen molar-refractivity contribution >= 4 is 23.2 Å². The molecule has 3 aromatic rings. The Morgan fingerprint density at radius 3 is 3.03 bits per heavy atom. The van der Waals surface area contributed by atoms with Crippen LogP contribution in [0.2, 0.25) is 0 Å². The molecule has 1 fully saturated rings. The molecule has 2 atom stereocenters. The Bertz CT molecular complexity index is 1050. The van der Waals surface area contributed by atoms with Crippen molar-refractivity contribution in [1.82, 2.24) is 24.8 Å². The van der Waals surface area contributed by atoms with Crippen molar-refractivity contribution in [3.63, 3.8) is 0 Å². The van der Waals surface area contributed by atoms with E-state index in [-0.39, 0.29) is 30.4 Å². The van der Waals surface area contributed by atoms with Crippen molar-refractivity contribution in [2.24, 2.45) is 0 Å². The Labute approximate surface area is 170 Å². The normalized spacial score (nSPS) is 17.3. The van der Waals surface area contributed by atoms with Gasteiger partial charge in [0.15, 0.2) is 17.2 Å². The highest BCUT2D eigenvalue weighted by Crippen LogP contribution is 2.21. The van der Waals surface area contributed by atoms with Gasteiger partial charge in [-0.05, 0) is 18.6 Å². The van der Waals surface area contributed by atoms with Gasteiger partial charge in [0.25, 0.3) is 5.91 Å². The molecule has 0 aliphatic carbocycles. The summed E-state index contributed by atoms with van der Waals surface area (Å²) in [6.45, 7) is 0.256. The summed E-state index contributed by atoms with van der Waals surface area (Å²) >= 11 is 0. The number of anilines is 2. The summed E-state index contributed by atoms with van der Waals surface area (Å²) in [6, 6.07) is 4.89. The van der Waals surface area contributed by atoms with E-state index in [1.807, 2.05) is 4.90 Å². The van der Waals surface area contributed by atoms with E-state index in [1.165, 1.54) is 23.0 Å². The van der Waals surface area contributed by atoms with E-state index in [9.17, 15) is 14.3 Å². The number of nitrogens with one attached hydrogen (secondary N) is 1. The van der Waals surface area contributed by atoms with Crippen molar-refractivity contribution in [1.29, 1.82) is 0 Å². The lowest BCUT2D eigenvalue weighted by molar-refractivity contribution is 0.0534. The SMILES string of the molecule is O=C(Nc1cc(OC[C@@H](O)CO)cnn1)c1cnc2ccc(N3CCC(F)C3)nn12. The molecule has 4 rings (SSSR count). The van der Waals surface area contributed by atoms with Gasteiger partial charge in [-0.25, -0.2) is 13.9 Å². The third-order valence-electron chi connectivity index (χ3n) is 4.56. The quantitative estimate of drug-likeness (QED) is 0.487. The minimum absolute atomic E-state index is 0.127. The number of carbonyl (C=O) groups excluding carboxylic acids is 1. The second kappa shape index (κ2) is 8.55. The molecule has 3 N–H and O–H groups in total. The molecule has 158 valence electrons. The molecule has 1 amide bonds. The van der Waals surface area contributed by atoms with Crippen LogP contribution in [0, 0.1) is 0 Å². The molecule has 1 saturated heterocycles. The molecule has 1 aliphatic rings. The van der Waals surface area contributed by atoms with E-state index in [0.717, 1.165) is 0 Å². The lowest BCUT2D eigenvalue weighted by atomic mass is 10.3. The number of rotatable bonds is 7. The molecule has 0 aromatic carbocycles. The minimum atomic E-state index is -1.03. The fourth-order valence-electron chi connectivity index (χ4n) is 3.03. The zero-order chi connectivity index (χ0) is 21.1. The van der Waals surface area contributed by atoms with Crippen LogP contribution >= 0.6 is 0 Å². The van der Waals surface area contributed by atoms with Gasteiger partial charge in [0.05, 0.1) is 25.5 Å². The molecule has 0 saturated carbocycles. The van der Waals surface area contributed by atoms with Crippen LogP contribution in [-0.2, 0) is 0 Å². The van der Waals surface area contributed by atoms with Crippen molar-refractivity contribution in [3.8, 4) is 5.75 Å². The first-order valence-corrected chi connectivity index (χ1v) is 9.33. The lowest BCUT2D eigenvalue weighted by Crippen LogP contribution is -2.23. The number of alkyl halides is 1. The Morgan fingerprint density at radius 2 is 2.27 bits per heavy atom. The summed E-state index contributed by atoms with van der Waals surface area (Å²) in [6.07, 6.45) is 1.23. The van der Waals surface area contributed by atoms with Crippen LogP contribution in [0.5, 0.6) is 5.75 Å². The van der Waals surface area contributed by atoms with Gasteiger partial charge in [-0.3, -0.25) is 4.79 Å². The number of fused-ring (bicyclic) bond motifs is 1. The van der Waals surface area contributed by atoms with E-state index in [4.69, 9.17) is 9.84 Å². The number of hydrogen-bond donors (Lipinski definition) is 3. The zero-order valence-corrected chi connectivity index (χ0v) is 15.8. The van der Waals surface area contributed by atoms with Gasteiger partial charge < -0.3 is 25.2 Å². The minimum Gasteiger partial charge on any atom is -0.489 e. The topological polar surface area (TPSA) is 138 Å². The molecule has 0 bridgehead atoms. The van der Waals surface area contributed by atoms with Crippen LogP contribution in [0.4, 0.5) is 16.0 Å². The number of aromatic nitrogens is 5. The van der Waals surface area contributed by atoms with Crippen LogP contribution in [0.25, 0.3) is 5.65 Å². The third kappa shape index (κ3) is 4.28. The van der Waals surface area contributed by atoms with Crippen LogP contribution < -0.4 is 15.0 Å². The second-order valence-corrected chi connectivity index (χ2v) is 6.81. The van der Waals surface area contributed by atoms with Crippen LogP contribution in [0.3, 0.4) is 0 Å². The number of amides is 1. The molecule has 1 aliphatic heterocycles. The monoisotopic (exact) mass is 417 g/mol. The molecule has 12 heteroatoms. The van der Waals surface area contributed by atoms with Crippen molar-refractivity contribution < 1.29 is 24.1 Å². The number of halogens is 1. The number of hydrogen-bond acceptors (Lipinski definition) is 9. The largest absolute Gasteiger partial charge is 0.489 e. The number of imidazole rings is 1. The maximum Gasteiger partial charge on any atom is 0.277 e. The van der Waals surface area contributed by atoms with Gasteiger partial charge >= 0.3 is 0 Å². The Morgan fingerprint density at radius 1 is 1.40 bits per heavy atom. The summed E-state index contributed by atoms with van der Waals surface area (Å²) in [4.78, 5) is 18.7. The van der Waals surface area contributed by atoms with E-state index < -0.39 is 24.8 Å². The Kier molecular flexibility index (Phi) is 5.68. The summed E-state index contributed by atoms with van der Waals surface area (Å²) in [7, 11) is 0. The lowest BCUT2D eigenvalue weighted by Gasteiger charge is -2.16. The smallest absolute Gasteiger partial charge is 0.277 e. The van der Waals surface area contributed by atoms with Crippen LogP contribution in [0.15, 0.2) is 30.6 Å². The van der Waals surface area contributed by atoms with Crippen LogP contribution in [-0.4, -0.2) is 79.5 Å². The fraction of sp³-hybridized carbons (Fsp3) is 0.389. The summed E-state index contributed by atoms with van der Waals surface area (Å²) in [5.41, 5.74) is 0.646. The molecule has 11 nitrogen and oxygen atoms in total. The zero-order valence-electron chi connectivity index (χ0n) is 15.8. The van der Waals surface area contributed by atoms with Gasteiger partial charge in [-0.15, -0.1) is 10.2 Å². The molecule has 0 radical (unpaired) electrons. The number of aliphatic hydroxyl groups is 2. The predicted molar refractivity (Wildman–Crippen MR) is 103 cm³/mol. The van der Waals surface area contributed by atoms with E-state index in [0.29, 0.717) is 24.4 Å². The number of aliphatic hydroxyl groups excluding tert-OH is 2. The maximum absolute atomic E-state index is 13.5. The molecule has 3 aromatic heterocycles. The van der Waals surface area contributed by atoms with Gasteiger partial charge in [0, 0.05) is 12.6 Å². The second-order valence-electron chi connectivity index (χ2n) is 6.81. The third-order valence-corrected chi connectivity index (χ3v) is 4.56. The first kappa shape index (κ1) is 19.9. The average molecular weight is 417 g/mol. The molecular weight excluding hydrogens is 397 g/mol. The first-order valence-electron chi connectivity index (χ1n) is 9.33. The molecule has 0 spiro atoms. The molecule has 1 unspecified atom stereocenters. The van der Waals surface area contributed by atoms with Crippen molar-refractivity contribution in [3.05, 3.63) is 36.3 Å². The Hall–Kier alpha value is -3.38. The van der Waals surface area contributed by atoms with E-state index in [2.05, 4.69) is 25.6 Å². The predicted octanol–water partition coefficient (Wildman–Crippen LogP) is 0.0518. The summed E-state index contributed by atoms with van der Waals surface area (Å²) in [5.74, 6) is 0.439. The first-order chi connectivity index (χ1) is 14.5. The van der Waals surface area contributed by atoms with Crippen molar-refractivity contribution in [2.45, 2.75) is 18.7 Å². The highest BCUT2D eigenvalue weighted by molar-refractivity contribution is 6.02. The number of nitrogens with zero attached hydrogens (tertiary/aromatic N) is 6. The van der Waals surface area contributed by atoms with Crippen molar-refractivity contribution in [2.75, 3.05) is 36.5 Å². The average Bonchev–Trinajstić information content (AvgIpc) is 3.38. The highest BCUT2D eigenvalue weighted by atomic mass is 19.1. The van der Waals surface area contributed by atoms with Gasteiger partial charge in [-0.2, -0.15) is 5.10 Å². The number of carbonyl (C=O) groups is 1.